The van der Waals surface area contributed by atoms with Crippen LogP contribution in [0.3, 0.4) is 0 Å². The van der Waals surface area contributed by atoms with Crippen LogP contribution in [0.5, 0.6) is 5.75 Å². The molecule has 5 heteroatoms. The molecule has 1 aromatic rings. The van der Waals surface area contributed by atoms with Gasteiger partial charge in [0.05, 0.1) is 7.11 Å². The Morgan fingerprint density at radius 3 is 2.78 bits per heavy atom. The first-order valence-corrected chi connectivity index (χ1v) is 6.93. The molecule has 0 aliphatic rings. The van der Waals surface area contributed by atoms with Crippen LogP contribution in [0.4, 0.5) is 10.5 Å². The molecule has 0 atom stereocenters. The molecule has 18 heavy (non-hydrogen) atoms. The highest BCUT2D eigenvalue weighted by atomic mass is 32.2. The maximum absolute atomic E-state index is 11.7. The third-order valence-corrected chi connectivity index (χ3v) is 3.80. The number of benzene rings is 1. The summed E-state index contributed by atoms with van der Waals surface area (Å²) in [6.45, 7) is 4.79. The number of anilines is 1. The second-order valence-electron chi connectivity index (χ2n) is 4.50. The molecular weight excluding hydrogens is 248 g/mol. The van der Waals surface area contributed by atoms with Gasteiger partial charge in [-0.05, 0) is 32.2 Å². The smallest absolute Gasteiger partial charge is 0.319 e. The third kappa shape index (κ3) is 4.87. The Kier molecular flexibility index (Phi) is 5.34. The van der Waals surface area contributed by atoms with E-state index in [4.69, 9.17) is 4.74 Å². The molecule has 2 N–H and O–H groups in total. The standard InChI is InChI=1S/C13H20N2O2S/c1-13(2,18-4)9-14-12(16)15-10-6-5-7-11(8-10)17-3/h5-8H,9H2,1-4H3,(H2,14,15,16). The average molecular weight is 268 g/mol. The molecule has 1 aromatic carbocycles. The summed E-state index contributed by atoms with van der Waals surface area (Å²) in [6.07, 6.45) is 2.03. The summed E-state index contributed by atoms with van der Waals surface area (Å²) in [5, 5.41) is 5.62. The van der Waals surface area contributed by atoms with E-state index in [9.17, 15) is 4.79 Å². The molecule has 0 aliphatic carbocycles. The van der Waals surface area contributed by atoms with Crippen molar-refractivity contribution < 1.29 is 9.53 Å². The van der Waals surface area contributed by atoms with Crippen molar-refractivity contribution in [2.75, 3.05) is 25.2 Å². The van der Waals surface area contributed by atoms with Gasteiger partial charge in [-0.3, -0.25) is 0 Å². The number of nitrogens with one attached hydrogen (secondary N) is 2. The summed E-state index contributed by atoms with van der Waals surface area (Å²) in [7, 11) is 1.60. The van der Waals surface area contributed by atoms with Crippen LogP contribution in [-0.2, 0) is 0 Å². The fourth-order valence-corrected chi connectivity index (χ4v) is 1.46. The fourth-order valence-electron chi connectivity index (χ4n) is 1.24. The van der Waals surface area contributed by atoms with E-state index in [-0.39, 0.29) is 10.8 Å². The van der Waals surface area contributed by atoms with E-state index >= 15 is 0 Å². The summed E-state index contributed by atoms with van der Waals surface area (Å²) in [6, 6.07) is 7.06. The predicted octanol–water partition coefficient (Wildman–Crippen LogP) is 2.96. The van der Waals surface area contributed by atoms with E-state index in [1.165, 1.54) is 0 Å². The molecule has 0 aromatic heterocycles. The molecule has 0 saturated carbocycles. The van der Waals surface area contributed by atoms with Crippen molar-refractivity contribution in [1.29, 1.82) is 0 Å². The lowest BCUT2D eigenvalue weighted by Crippen LogP contribution is -2.38. The van der Waals surface area contributed by atoms with Crippen LogP contribution in [0.2, 0.25) is 0 Å². The van der Waals surface area contributed by atoms with Crippen LogP contribution >= 0.6 is 11.8 Å². The van der Waals surface area contributed by atoms with Gasteiger partial charge in [-0.15, -0.1) is 0 Å². The summed E-state index contributed by atoms with van der Waals surface area (Å²) < 4.78 is 5.13. The molecule has 0 saturated heterocycles. The number of urea groups is 1. The molecule has 2 amide bonds. The second kappa shape index (κ2) is 6.54. The number of amides is 2. The van der Waals surface area contributed by atoms with Crippen LogP contribution in [0.15, 0.2) is 24.3 Å². The Hall–Kier alpha value is -1.36. The van der Waals surface area contributed by atoms with Gasteiger partial charge in [-0.25, -0.2) is 4.79 Å². The Morgan fingerprint density at radius 1 is 1.44 bits per heavy atom. The van der Waals surface area contributed by atoms with E-state index in [2.05, 4.69) is 24.5 Å². The van der Waals surface area contributed by atoms with Crippen LogP contribution < -0.4 is 15.4 Å². The lowest BCUT2D eigenvalue weighted by Gasteiger charge is -2.22. The maximum Gasteiger partial charge on any atom is 0.319 e. The minimum Gasteiger partial charge on any atom is -0.497 e. The topological polar surface area (TPSA) is 50.4 Å². The molecule has 0 fully saturated rings. The molecular formula is C13H20N2O2S. The van der Waals surface area contributed by atoms with Crippen molar-refractivity contribution in [3.05, 3.63) is 24.3 Å². The Balaban J connectivity index is 2.49. The van der Waals surface area contributed by atoms with Crippen LogP contribution in [0.25, 0.3) is 0 Å². The van der Waals surface area contributed by atoms with Gasteiger partial charge in [-0.2, -0.15) is 11.8 Å². The van der Waals surface area contributed by atoms with Gasteiger partial charge in [0.25, 0.3) is 0 Å². The predicted molar refractivity (Wildman–Crippen MR) is 77.6 cm³/mol. The van der Waals surface area contributed by atoms with Gasteiger partial charge in [0.1, 0.15) is 5.75 Å². The van der Waals surface area contributed by atoms with Gasteiger partial charge < -0.3 is 15.4 Å². The molecule has 100 valence electrons. The van der Waals surface area contributed by atoms with E-state index in [0.29, 0.717) is 12.2 Å². The minimum absolute atomic E-state index is 0.0335. The minimum atomic E-state index is -0.203. The van der Waals surface area contributed by atoms with Crippen LogP contribution in [0, 0.1) is 0 Å². The molecule has 1 rings (SSSR count). The van der Waals surface area contributed by atoms with Crippen molar-refractivity contribution in [1.82, 2.24) is 5.32 Å². The van der Waals surface area contributed by atoms with Gasteiger partial charge in [0.15, 0.2) is 0 Å². The molecule has 0 heterocycles. The Morgan fingerprint density at radius 2 is 2.17 bits per heavy atom. The van der Waals surface area contributed by atoms with Crippen molar-refractivity contribution in [2.45, 2.75) is 18.6 Å². The monoisotopic (exact) mass is 268 g/mol. The molecule has 0 spiro atoms. The molecule has 0 unspecified atom stereocenters. The molecule has 0 radical (unpaired) electrons. The number of hydrogen-bond donors (Lipinski definition) is 2. The van der Waals surface area contributed by atoms with Crippen molar-refractivity contribution in [3.8, 4) is 5.75 Å². The summed E-state index contributed by atoms with van der Waals surface area (Å²) in [5.74, 6) is 0.720. The highest BCUT2D eigenvalue weighted by molar-refractivity contribution is 7.99. The number of hydrogen-bond acceptors (Lipinski definition) is 3. The number of carbonyl (C=O) groups excluding carboxylic acids is 1. The van der Waals surface area contributed by atoms with Gasteiger partial charge in [0.2, 0.25) is 0 Å². The zero-order valence-electron chi connectivity index (χ0n) is 11.2. The SMILES string of the molecule is COc1cccc(NC(=O)NCC(C)(C)SC)c1. The summed E-state index contributed by atoms with van der Waals surface area (Å²) >= 11 is 1.72. The normalized spacial score (nSPS) is 10.9. The summed E-state index contributed by atoms with van der Waals surface area (Å²) in [5.41, 5.74) is 0.716. The third-order valence-electron chi connectivity index (χ3n) is 2.55. The highest BCUT2D eigenvalue weighted by Crippen LogP contribution is 2.20. The molecule has 0 aliphatic heterocycles. The Bertz CT molecular complexity index is 408. The van der Waals surface area contributed by atoms with Crippen molar-refractivity contribution in [3.63, 3.8) is 0 Å². The summed E-state index contributed by atoms with van der Waals surface area (Å²) in [4.78, 5) is 11.7. The lowest BCUT2D eigenvalue weighted by atomic mass is 10.2. The van der Waals surface area contributed by atoms with Gasteiger partial charge in [0, 0.05) is 23.0 Å². The number of ether oxygens (including phenoxy) is 1. The second-order valence-corrected chi connectivity index (χ2v) is 6.02. The zero-order valence-corrected chi connectivity index (χ0v) is 12.1. The number of thioether (sulfide) groups is 1. The van der Waals surface area contributed by atoms with E-state index in [1.54, 1.807) is 24.9 Å². The van der Waals surface area contributed by atoms with Crippen LogP contribution in [-0.4, -0.2) is 30.7 Å². The van der Waals surface area contributed by atoms with Gasteiger partial charge in [-0.1, -0.05) is 6.07 Å². The number of methoxy groups -OCH3 is 1. The highest BCUT2D eigenvalue weighted by Gasteiger charge is 2.16. The average Bonchev–Trinajstić information content (AvgIpc) is 2.37. The van der Waals surface area contributed by atoms with Crippen molar-refractivity contribution in [2.24, 2.45) is 0 Å². The maximum atomic E-state index is 11.7. The Labute approximate surface area is 112 Å². The number of rotatable bonds is 5. The largest absolute Gasteiger partial charge is 0.497 e. The fraction of sp³-hybridized carbons (Fsp3) is 0.462. The number of carbonyl (C=O) groups is 1. The van der Waals surface area contributed by atoms with Gasteiger partial charge >= 0.3 is 6.03 Å². The lowest BCUT2D eigenvalue weighted by molar-refractivity contribution is 0.251. The quantitative estimate of drug-likeness (QED) is 0.863. The van der Waals surface area contributed by atoms with E-state index < -0.39 is 0 Å². The molecule has 4 nitrogen and oxygen atoms in total. The van der Waals surface area contributed by atoms with E-state index in [1.807, 2.05) is 24.5 Å². The first-order chi connectivity index (χ1) is 8.46. The first kappa shape index (κ1) is 14.7. The zero-order chi connectivity index (χ0) is 13.6. The first-order valence-electron chi connectivity index (χ1n) is 5.71. The van der Waals surface area contributed by atoms with Crippen LogP contribution in [0.1, 0.15) is 13.8 Å². The van der Waals surface area contributed by atoms with E-state index in [0.717, 1.165) is 5.75 Å². The molecule has 0 bridgehead atoms. The van der Waals surface area contributed by atoms with Crippen molar-refractivity contribution >= 4 is 23.5 Å².